The molecule has 0 saturated heterocycles. The van der Waals surface area contributed by atoms with Crippen molar-refractivity contribution in [3.63, 3.8) is 0 Å². The predicted molar refractivity (Wildman–Crippen MR) is 57.8 cm³/mol. The van der Waals surface area contributed by atoms with Crippen molar-refractivity contribution in [3.05, 3.63) is 23.9 Å². The van der Waals surface area contributed by atoms with Gasteiger partial charge in [0.05, 0.1) is 0 Å². The van der Waals surface area contributed by atoms with Gasteiger partial charge in [-0.1, -0.05) is 12.5 Å². The molecule has 2 unspecified atom stereocenters. The number of pyridine rings is 1. The maximum Gasteiger partial charge on any atom is 0.126 e. The molecular formula is C11H17N3. The van der Waals surface area contributed by atoms with Gasteiger partial charge in [0.15, 0.2) is 0 Å². The fourth-order valence-electron chi connectivity index (χ4n) is 2.29. The van der Waals surface area contributed by atoms with Gasteiger partial charge in [0, 0.05) is 12.2 Å². The molecule has 1 heterocycles. The van der Waals surface area contributed by atoms with E-state index >= 15 is 0 Å². The first-order valence-electron chi connectivity index (χ1n) is 5.23. The van der Waals surface area contributed by atoms with Gasteiger partial charge in [-0.2, -0.15) is 0 Å². The molecule has 1 aromatic heterocycles. The van der Waals surface area contributed by atoms with Crippen molar-refractivity contribution >= 4 is 5.82 Å². The normalized spacial score (nSPS) is 27.5. The van der Waals surface area contributed by atoms with Crippen molar-refractivity contribution in [1.82, 2.24) is 4.98 Å². The molecule has 1 fully saturated rings. The average molecular weight is 191 g/mol. The summed E-state index contributed by atoms with van der Waals surface area (Å²) in [6.45, 7) is 0. The van der Waals surface area contributed by atoms with Crippen LogP contribution in [0.15, 0.2) is 18.3 Å². The number of aromatic nitrogens is 1. The van der Waals surface area contributed by atoms with Crippen LogP contribution in [0.25, 0.3) is 0 Å². The van der Waals surface area contributed by atoms with Gasteiger partial charge in [0.2, 0.25) is 0 Å². The van der Waals surface area contributed by atoms with E-state index in [4.69, 9.17) is 11.5 Å². The van der Waals surface area contributed by atoms with Crippen LogP contribution in [0.1, 0.15) is 37.2 Å². The van der Waals surface area contributed by atoms with Gasteiger partial charge >= 0.3 is 0 Å². The number of rotatable bonds is 1. The lowest BCUT2D eigenvalue weighted by Gasteiger charge is -2.27. The van der Waals surface area contributed by atoms with Gasteiger partial charge in [-0.15, -0.1) is 0 Å². The Kier molecular flexibility index (Phi) is 2.68. The van der Waals surface area contributed by atoms with Crippen molar-refractivity contribution in [2.24, 2.45) is 5.73 Å². The molecule has 0 bridgehead atoms. The lowest BCUT2D eigenvalue weighted by atomic mass is 9.82. The van der Waals surface area contributed by atoms with E-state index in [1.807, 2.05) is 6.07 Å². The SMILES string of the molecule is Nc1ncccc1C1CCCC(N)C1. The summed E-state index contributed by atoms with van der Waals surface area (Å²) in [7, 11) is 0. The minimum absolute atomic E-state index is 0.341. The van der Waals surface area contributed by atoms with Gasteiger partial charge in [-0.25, -0.2) is 4.98 Å². The van der Waals surface area contributed by atoms with E-state index in [2.05, 4.69) is 11.1 Å². The molecule has 0 spiro atoms. The Bertz CT molecular complexity index is 311. The van der Waals surface area contributed by atoms with Gasteiger partial charge in [0.25, 0.3) is 0 Å². The number of hydrogen-bond acceptors (Lipinski definition) is 3. The number of nitrogens with two attached hydrogens (primary N) is 2. The van der Waals surface area contributed by atoms with Crippen LogP contribution in [0, 0.1) is 0 Å². The summed E-state index contributed by atoms with van der Waals surface area (Å²) in [4.78, 5) is 4.12. The summed E-state index contributed by atoms with van der Waals surface area (Å²) in [6.07, 6.45) is 6.35. The Morgan fingerprint density at radius 3 is 2.93 bits per heavy atom. The molecule has 1 aliphatic carbocycles. The van der Waals surface area contributed by atoms with Crippen molar-refractivity contribution in [3.8, 4) is 0 Å². The Labute approximate surface area is 84.5 Å². The summed E-state index contributed by atoms with van der Waals surface area (Å²) >= 11 is 0. The number of anilines is 1. The van der Waals surface area contributed by atoms with Crippen LogP contribution in [0.3, 0.4) is 0 Å². The summed E-state index contributed by atoms with van der Waals surface area (Å²) in [6, 6.07) is 4.37. The number of nitrogens with zero attached hydrogens (tertiary/aromatic N) is 1. The highest BCUT2D eigenvalue weighted by Gasteiger charge is 2.22. The van der Waals surface area contributed by atoms with Gasteiger partial charge < -0.3 is 11.5 Å². The van der Waals surface area contributed by atoms with Crippen molar-refractivity contribution in [2.45, 2.75) is 37.6 Å². The zero-order valence-corrected chi connectivity index (χ0v) is 8.32. The van der Waals surface area contributed by atoms with Crippen LogP contribution in [-0.2, 0) is 0 Å². The van der Waals surface area contributed by atoms with E-state index in [0.717, 1.165) is 12.8 Å². The quantitative estimate of drug-likeness (QED) is 0.709. The maximum atomic E-state index is 5.95. The largest absolute Gasteiger partial charge is 0.383 e. The van der Waals surface area contributed by atoms with E-state index in [-0.39, 0.29) is 0 Å². The average Bonchev–Trinajstić information content (AvgIpc) is 2.18. The van der Waals surface area contributed by atoms with Gasteiger partial charge in [-0.3, -0.25) is 0 Å². The van der Waals surface area contributed by atoms with E-state index in [1.54, 1.807) is 6.20 Å². The fourth-order valence-corrected chi connectivity index (χ4v) is 2.29. The Balaban J connectivity index is 2.18. The molecule has 0 radical (unpaired) electrons. The number of nitrogen functional groups attached to an aromatic ring is 1. The summed E-state index contributed by atoms with van der Waals surface area (Å²) in [5.41, 5.74) is 13.0. The first kappa shape index (κ1) is 9.46. The van der Waals surface area contributed by atoms with E-state index in [9.17, 15) is 0 Å². The molecule has 1 aliphatic rings. The van der Waals surface area contributed by atoms with E-state index < -0.39 is 0 Å². The molecule has 2 atom stereocenters. The highest BCUT2D eigenvalue weighted by molar-refractivity contribution is 5.41. The van der Waals surface area contributed by atoms with E-state index in [0.29, 0.717) is 17.8 Å². The first-order chi connectivity index (χ1) is 6.77. The number of hydrogen-bond donors (Lipinski definition) is 2. The standard InChI is InChI=1S/C11H17N3/c12-9-4-1-3-8(7-9)10-5-2-6-14-11(10)13/h2,5-6,8-9H,1,3-4,7,12H2,(H2,13,14). The van der Waals surface area contributed by atoms with Crippen LogP contribution in [0.2, 0.25) is 0 Å². The molecule has 14 heavy (non-hydrogen) atoms. The third-order valence-corrected chi connectivity index (χ3v) is 3.03. The molecule has 0 aliphatic heterocycles. The molecule has 1 aromatic rings. The van der Waals surface area contributed by atoms with Crippen molar-refractivity contribution in [1.29, 1.82) is 0 Å². The molecule has 1 saturated carbocycles. The zero-order chi connectivity index (χ0) is 9.97. The molecule has 3 nitrogen and oxygen atoms in total. The van der Waals surface area contributed by atoms with Crippen LogP contribution in [0.4, 0.5) is 5.82 Å². The predicted octanol–water partition coefficient (Wildman–Crippen LogP) is 1.65. The smallest absolute Gasteiger partial charge is 0.126 e. The topological polar surface area (TPSA) is 64.9 Å². The second-order valence-corrected chi connectivity index (χ2v) is 4.10. The molecule has 2 rings (SSSR count). The lowest BCUT2D eigenvalue weighted by molar-refractivity contribution is 0.393. The highest BCUT2D eigenvalue weighted by atomic mass is 14.8. The Hall–Kier alpha value is -1.09. The minimum atomic E-state index is 0.341. The van der Waals surface area contributed by atoms with Gasteiger partial charge in [0.1, 0.15) is 5.82 Å². The van der Waals surface area contributed by atoms with Crippen LogP contribution < -0.4 is 11.5 Å². The molecule has 4 N–H and O–H groups in total. The molecule has 0 amide bonds. The maximum absolute atomic E-state index is 5.95. The molecule has 76 valence electrons. The van der Waals surface area contributed by atoms with Gasteiger partial charge in [-0.05, 0) is 36.8 Å². The second kappa shape index (κ2) is 3.96. The van der Waals surface area contributed by atoms with Crippen molar-refractivity contribution in [2.75, 3.05) is 5.73 Å². The third kappa shape index (κ3) is 1.87. The Morgan fingerprint density at radius 1 is 1.36 bits per heavy atom. The van der Waals surface area contributed by atoms with Crippen LogP contribution in [-0.4, -0.2) is 11.0 Å². The zero-order valence-electron chi connectivity index (χ0n) is 8.32. The first-order valence-corrected chi connectivity index (χ1v) is 5.23. The third-order valence-electron chi connectivity index (χ3n) is 3.03. The second-order valence-electron chi connectivity index (χ2n) is 4.10. The molecule has 0 aromatic carbocycles. The Morgan fingerprint density at radius 2 is 2.21 bits per heavy atom. The summed E-state index contributed by atoms with van der Waals surface area (Å²) in [5.74, 6) is 1.19. The molecule has 3 heteroatoms. The highest BCUT2D eigenvalue weighted by Crippen LogP contribution is 2.33. The monoisotopic (exact) mass is 191 g/mol. The van der Waals surface area contributed by atoms with E-state index in [1.165, 1.54) is 18.4 Å². The lowest BCUT2D eigenvalue weighted by Crippen LogP contribution is -2.27. The summed E-state index contributed by atoms with van der Waals surface area (Å²) in [5, 5.41) is 0. The molecular weight excluding hydrogens is 174 g/mol. The minimum Gasteiger partial charge on any atom is -0.383 e. The fraction of sp³-hybridized carbons (Fsp3) is 0.545. The van der Waals surface area contributed by atoms with Crippen LogP contribution in [0.5, 0.6) is 0 Å². The van der Waals surface area contributed by atoms with Crippen LogP contribution >= 0.6 is 0 Å². The van der Waals surface area contributed by atoms with Crippen molar-refractivity contribution < 1.29 is 0 Å². The summed E-state index contributed by atoms with van der Waals surface area (Å²) < 4.78 is 0.